The minimum absolute atomic E-state index is 0.200. The average molecular weight is 245 g/mol. The molecule has 0 spiro atoms. The maximum absolute atomic E-state index is 6.48. The van der Waals surface area contributed by atoms with Gasteiger partial charge < -0.3 is 10.5 Å². The first kappa shape index (κ1) is 12.0. The van der Waals surface area contributed by atoms with Crippen LogP contribution in [0.1, 0.15) is 44.1 Å². The van der Waals surface area contributed by atoms with Crippen molar-refractivity contribution in [2.24, 2.45) is 11.7 Å². The summed E-state index contributed by atoms with van der Waals surface area (Å²) in [7, 11) is 0. The first-order valence-corrected chi connectivity index (χ1v) is 7.35. The fraction of sp³-hybridized carbons (Fsp3) is 0.625. The Morgan fingerprint density at radius 1 is 1.06 bits per heavy atom. The minimum Gasteiger partial charge on any atom is -0.488 e. The van der Waals surface area contributed by atoms with E-state index < -0.39 is 0 Å². The highest BCUT2D eigenvalue weighted by molar-refractivity contribution is 5.37. The van der Waals surface area contributed by atoms with Crippen molar-refractivity contribution >= 4 is 0 Å². The van der Waals surface area contributed by atoms with E-state index in [1.807, 2.05) is 6.07 Å². The van der Waals surface area contributed by atoms with Gasteiger partial charge in [-0.1, -0.05) is 43.9 Å². The van der Waals surface area contributed by atoms with Crippen LogP contribution in [0.15, 0.2) is 24.3 Å². The van der Waals surface area contributed by atoms with E-state index in [1.54, 1.807) is 0 Å². The molecule has 98 valence electrons. The predicted octanol–water partition coefficient (Wildman–Crippen LogP) is 3.29. The normalized spacial score (nSPS) is 26.2. The van der Waals surface area contributed by atoms with E-state index in [2.05, 4.69) is 18.2 Å². The lowest BCUT2D eigenvalue weighted by molar-refractivity contribution is 0.156. The molecule has 1 aromatic rings. The van der Waals surface area contributed by atoms with Gasteiger partial charge in [-0.25, -0.2) is 0 Å². The molecule has 2 aliphatic rings. The van der Waals surface area contributed by atoms with Gasteiger partial charge in [-0.05, 0) is 30.4 Å². The second kappa shape index (κ2) is 5.31. The zero-order valence-electron chi connectivity index (χ0n) is 11.0. The molecule has 1 heterocycles. The van der Waals surface area contributed by atoms with Gasteiger partial charge in [0.05, 0.1) is 0 Å². The van der Waals surface area contributed by atoms with E-state index in [0.717, 1.165) is 12.2 Å². The third-order valence-electron chi connectivity index (χ3n) is 4.55. The Balaban J connectivity index is 1.66. The molecule has 0 bridgehead atoms. The number of benzene rings is 1. The molecular weight excluding hydrogens is 222 g/mol. The van der Waals surface area contributed by atoms with Crippen LogP contribution in [0.3, 0.4) is 0 Å². The molecule has 2 unspecified atom stereocenters. The van der Waals surface area contributed by atoms with Crippen molar-refractivity contribution in [3.63, 3.8) is 0 Å². The van der Waals surface area contributed by atoms with Gasteiger partial charge in [-0.3, -0.25) is 0 Å². The van der Waals surface area contributed by atoms with Crippen LogP contribution in [-0.2, 0) is 6.42 Å². The van der Waals surface area contributed by atoms with Gasteiger partial charge in [0.1, 0.15) is 11.9 Å². The van der Waals surface area contributed by atoms with Crippen LogP contribution in [0.2, 0.25) is 0 Å². The Hall–Kier alpha value is -1.02. The Labute approximate surface area is 110 Å². The van der Waals surface area contributed by atoms with Crippen molar-refractivity contribution in [2.45, 2.75) is 57.1 Å². The summed E-state index contributed by atoms with van der Waals surface area (Å²) in [6.45, 7) is 0. The molecule has 0 radical (unpaired) electrons. The number of rotatable bonds is 2. The highest BCUT2D eigenvalue weighted by atomic mass is 16.5. The lowest BCUT2D eigenvalue weighted by Gasteiger charge is -2.27. The molecule has 0 amide bonds. The molecule has 2 N–H and O–H groups in total. The number of fused-ring (bicyclic) bond motifs is 1. The highest BCUT2D eigenvalue weighted by Gasteiger charge is 2.32. The van der Waals surface area contributed by atoms with Gasteiger partial charge in [-0.2, -0.15) is 0 Å². The topological polar surface area (TPSA) is 35.2 Å². The minimum atomic E-state index is 0.200. The summed E-state index contributed by atoms with van der Waals surface area (Å²) in [5.74, 6) is 1.71. The lowest BCUT2D eigenvalue weighted by Crippen LogP contribution is -2.43. The maximum atomic E-state index is 6.48. The molecule has 1 saturated carbocycles. The quantitative estimate of drug-likeness (QED) is 0.811. The van der Waals surface area contributed by atoms with E-state index in [4.69, 9.17) is 10.5 Å². The van der Waals surface area contributed by atoms with Crippen molar-refractivity contribution in [1.29, 1.82) is 0 Å². The summed E-state index contributed by atoms with van der Waals surface area (Å²) in [4.78, 5) is 0. The molecule has 1 fully saturated rings. The standard InChI is InChI=1S/C16H23NO/c17-16(12-7-3-1-2-4-8-12)15-11-13-9-5-6-10-14(13)18-15/h5-6,9-10,12,15-16H,1-4,7-8,11,17H2. The molecule has 3 rings (SSSR count). The third-order valence-corrected chi connectivity index (χ3v) is 4.55. The van der Waals surface area contributed by atoms with Gasteiger partial charge >= 0.3 is 0 Å². The summed E-state index contributed by atoms with van der Waals surface area (Å²) in [5, 5.41) is 0. The molecule has 1 aliphatic heterocycles. The molecule has 1 aromatic carbocycles. The van der Waals surface area contributed by atoms with Crippen molar-refractivity contribution in [3.05, 3.63) is 29.8 Å². The lowest BCUT2D eigenvalue weighted by atomic mass is 9.87. The highest BCUT2D eigenvalue weighted by Crippen LogP contribution is 2.33. The van der Waals surface area contributed by atoms with Crippen molar-refractivity contribution in [3.8, 4) is 5.75 Å². The summed E-state index contributed by atoms with van der Waals surface area (Å²) in [6.07, 6.45) is 9.23. The number of nitrogens with two attached hydrogens (primary N) is 1. The number of hydrogen-bond donors (Lipinski definition) is 1. The van der Waals surface area contributed by atoms with E-state index >= 15 is 0 Å². The Bertz CT molecular complexity index is 371. The van der Waals surface area contributed by atoms with Crippen LogP contribution in [0, 0.1) is 5.92 Å². The Morgan fingerprint density at radius 2 is 1.78 bits per heavy atom. The summed E-state index contributed by atoms with van der Waals surface area (Å²) in [5.41, 5.74) is 7.80. The molecular formula is C16H23NO. The zero-order chi connectivity index (χ0) is 12.4. The van der Waals surface area contributed by atoms with Crippen LogP contribution in [0.25, 0.3) is 0 Å². The Kier molecular flexibility index (Phi) is 3.55. The van der Waals surface area contributed by atoms with Crippen LogP contribution in [0.5, 0.6) is 5.75 Å². The number of para-hydroxylation sites is 1. The van der Waals surface area contributed by atoms with E-state index in [9.17, 15) is 0 Å². The van der Waals surface area contributed by atoms with Crippen molar-refractivity contribution in [1.82, 2.24) is 0 Å². The van der Waals surface area contributed by atoms with Gasteiger partial charge in [0.2, 0.25) is 0 Å². The van der Waals surface area contributed by atoms with Gasteiger partial charge in [0, 0.05) is 12.5 Å². The molecule has 18 heavy (non-hydrogen) atoms. The van der Waals surface area contributed by atoms with Gasteiger partial charge in [0.15, 0.2) is 0 Å². The number of hydrogen-bond acceptors (Lipinski definition) is 2. The van der Waals surface area contributed by atoms with Crippen LogP contribution < -0.4 is 10.5 Å². The fourth-order valence-corrected chi connectivity index (χ4v) is 3.42. The van der Waals surface area contributed by atoms with Crippen molar-refractivity contribution in [2.75, 3.05) is 0 Å². The first-order chi connectivity index (χ1) is 8.84. The monoisotopic (exact) mass is 245 g/mol. The van der Waals surface area contributed by atoms with Crippen molar-refractivity contribution < 1.29 is 4.74 Å². The summed E-state index contributed by atoms with van der Waals surface area (Å²) in [6, 6.07) is 8.56. The fourth-order valence-electron chi connectivity index (χ4n) is 3.42. The van der Waals surface area contributed by atoms with E-state index in [0.29, 0.717) is 5.92 Å². The van der Waals surface area contributed by atoms with E-state index in [1.165, 1.54) is 44.1 Å². The predicted molar refractivity (Wildman–Crippen MR) is 73.7 cm³/mol. The van der Waals surface area contributed by atoms with E-state index in [-0.39, 0.29) is 12.1 Å². The molecule has 1 aliphatic carbocycles. The summed E-state index contributed by atoms with van der Waals surface area (Å²) < 4.78 is 6.04. The molecule has 2 nitrogen and oxygen atoms in total. The number of ether oxygens (including phenoxy) is 1. The zero-order valence-corrected chi connectivity index (χ0v) is 11.0. The van der Waals surface area contributed by atoms with Crippen LogP contribution in [-0.4, -0.2) is 12.1 Å². The smallest absolute Gasteiger partial charge is 0.123 e. The second-order valence-corrected chi connectivity index (χ2v) is 5.80. The third kappa shape index (κ3) is 2.39. The SMILES string of the molecule is NC(C1CCCCCC1)C1Cc2ccccc2O1. The second-order valence-electron chi connectivity index (χ2n) is 5.80. The molecule has 2 heteroatoms. The van der Waals surface area contributed by atoms with Gasteiger partial charge in [-0.15, -0.1) is 0 Å². The average Bonchev–Trinajstić information content (AvgIpc) is 2.64. The summed E-state index contributed by atoms with van der Waals surface area (Å²) >= 11 is 0. The van der Waals surface area contributed by atoms with Crippen LogP contribution in [0.4, 0.5) is 0 Å². The largest absolute Gasteiger partial charge is 0.488 e. The molecule has 0 saturated heterocycles. The van der Waals surface area contributed by atoms with Crippen LogP contribution >= 0.6 is 0 Å². The van der Waals surface area contributed by atoms with Gasteiger partial charge in [0.25, 0.3) is 0 Å². The Morgan fingerprint density at radius 3 is 2.50 bits per heavy atom. The maximum Gasteiger partial charge on any atom is 0.123 e. The molecule has 0 aromatic heterocycles. The first-order valence-electron chi connectivity index (χ1n) is 7.35. The molecule has 2 atom stereocenters.